The molecular weight excluding hydrogens is 400 g/mol. The molecule has 0 fully saturated rings. The lowest BCUT2D eigenvalue weighted by Crippen LogP contribution is -2.09. The van der Waals surface area contributed by atoms with E-state index in [1.165, 1.54) is 14.2 Å². The van der Waals surface area contributed by atoms with Crippen molar-refractivity contribution in [3.63, 3.8) is 0 Å². The van der Waals surface area contributed by atoms with Crippen LogP contribution in [0, 0.1) is 12.3 Å². The van der Waals surface area contributed by atoms with Crippen LogP contribution in [-0.2, 0) is 19.1 Å². The van der Waals surface area contributed by atoms with Crippen molar-refractivity contribution in [1.29, 1.82) is 0 Å². The summed E-state index contributed by atoms with van der Waals surface area (Å²) in [4.78, 5) is 24.6. The predicted octanol–water partition coefficient (Wildman–Crippen LogP) is 5.63. The molecule has 0 heterocycles. The number of terminal acetylenes is 1. The Morgan fingerprint density at radius 1 is 1.06 bits per heavy atom. The van der Waals surface area contributed by atoms with Gasteiger partial charge in [-0.05, 0) is 79.2 Å². The van der Waals surface area contributed by atoms with Gasteiger partial charge in [0.2, 0.25) is 0 Å². The van der Waals surface area contributed by atoms with Crippen molar-refractivity contribution in [1.82, 2.24) is 0 Å². The molecule has 0 bridgehead atoms. The largest absolute Gasteiger partial charge is 0.465 e. The maximum absolute atomic E-state index is 12.4. The lowest BCUT2D eigenvalue weighted by molar-refractivity contribution is -0.136. The molecule has 166 valence electrons. The zero-order valence-corrected chi connectivity index (χ0v) is 19.9. The van der Waals surface area contributed by atoms with E-state index >= 15 is 0 Å². The average Bonchev–Trinajstić information content (AvgIpc) is 3.25. The van der Waals surface area contributed by atoms with Crippen LogP contribution < -0.4 is 0 Å². The molecule has 0 aromatic carbocycles. The van der Waals surface area contributed by atoms with Crippen LogP contribution in [0.15, 0.2) is 92.2 Å². The monoisotopic (exact) mass is 430 g/mol. The van der Waals surface area contributed by atoms with Crippen molar-refractivity contribution >= 4 is 11.9 Å². The maximum Gasteiger partial charge on any atom is 0.347 e. The van der Waals surface area contributed by atoms with Gasteiger partial charge in [-0.2, -0.15) is 0 Å². The molecule has 0 radical (unpaired) electrons. The minimum Gasteiger partial charge on any atom is -0.465 e. The number of ether oxygens (including phenoxy) is 2. The van der Waals surface area contributed by atoms with E-state index in [1.807, 2.05) is 39.8 Å². The number of rotatable bonds is 5. The lowest BCUT2D eigenvalue weighted by Gasteiger charge is -2.13. The summed E-state index contributed by atoms with van der Waals surface area (Å²) in [6.45, 7) is 9.72. The second kappa shape index (κ2) is 10.6. The maximum atomic E-state index is 12.4. The van der Waals surface area contributed by atoms with Gasteiger partial charge in [0.25, 0.3) is 0 Å². The van der Waals surface area contributed by atoms with Gasteiger partial charge in [-0.25, -0.2) is 9.59 Å². The van der Waals surface area contributed by atoms with Crippen molar-refractivity contribution in [2.45, 2.75) is 41.0 Å². The van der Waals surface area contributed by atoms with Crippen LogP contribution in [0.2, 0.25) is 0 Å². The first-order valence-electron chi connectivity index (χ1n) is 10.5. The smallest absolute Gasteiger partial charge is 0.347 e. The molecule has 0 saturated carbocycles. The molecule has 0 N–H and O–H groups in total. The first kappa shape index (κ1) is 24.7. The van der Waals surface area contributed by atoms with Crippen LogP contribution in [0.3, 0.4) is 0 Å². The number of esters is 2. The first-order chi connectivity index (χ1) is 15.3. The number of carbonyl (C=O) groups excluding carboxylic acids is 2. The summed E-state index contributed by atoms with van der Waals surface area (Å²) in [7, 11) is 2.71. The van der Waals surface area contributed by atoms with Gasteiger partial charge in [-0.15, -0.1) is 6.42 Å². The molecular formula is C28H30O4. The molecule has 2 aliphatic rings. The van der Waals surface area contributed by atoms with E-state index < -0.39 is 5.97 Å². The molecule has 0 aromatic rings. The molecule has 0 amide bonds. The third-order valence-corrected chi connectivity index (χ3v) is 5.45. The van der Waals surface area contributed by atoms with Gasteiger partial charge in [0.05, 0.1) is 19.8 Å². The summed E-state index contributed by atoms with van der Waals surface area (Å²) in [6.07, 6.45) is 18.4. The van der Waals surface area contributed by atoms with Crippen LogP contribution in [-0.4, -0.2) is 26.2 Å². The van der Waals surface area contributed by atoms with Crippen molar-refractivity contribution in [3.8, 4) is 12.3 Å². The van der Waals surface area contributed by atoms with E-state index in [4.69, 9.17) is 15.9 Å². The second-order valence-electron chi connectivity index (χ2n) is 7.39. The Labute approximate surface area is 191 Å². The van der Waals surface area contributed by atoms with Gasteiger partial charge in [0.15, 0.2) is 0 Å². The van der Waals surface area contributed by atoms with Gasteiger partial charge < -0.3 is 9.47 Å². The van der Waals surface area contributed by atoms with Gasteiger partial charge in [0, 0.05) is 5.57 Å². The fraction of sp³-hybridized carbons (Fsp3) is 0.286. The van der Waals surface area contributed by atoms with E-state index in [1.54, 1.807) is 6.08 Å². The predicted molar refractivity (Wildman–Crippen MR) is 128 cm³/mol. The summed E-state index contributed by atoms with van der Waals surface area (Å²) in [5, 5.41) is 0. The molecule has 4 nitrogen and oxygen atoms in total. The number of allylic oxidation sites excluding steroid dienone is 13. The lowest BCUT2D eigenvalue weighted by atomic mass is 9.92. The molecule has 0 atom stereocenters. The Kier molecular flexibility index (Phi) is 8.21. The van der Waals surface area contributed by atoms with E-state index in [9.17, 15) is 9.59 Å². The number of hydrogen-bond acceptors (Lipinski definition) is 4. The van der Waals surface area contributed by atoms with Crippen molar-refractivity contribution in [3.05, 3.63) is 92.2 Å². The first-order valence-corrected chi connectivity index (χ1v) is 10.5. The molecule has 0 spiro atoms. The van der Waals surface area contributed by atoms with Gasteiger partial charge >= 0.3 is 11.9 Å². The third kappa shape index (κ3) is 4.53. The topological polar surface area (TPSA) is 52.6 Å². The van der Waals surface area contributed by atoms with Crippen LogP contribution in [0.5, 0.6) is 0 Å². The highest BCUT2D eigenvalue weighted by Crippen LogP contribution is 2.42. The zero-order chi connectivity index (χ0) is 24.0. The minimum atomic E-state index is -0.530. The quantitative estimate of drug-likeness (QED) is 0.322. The Hall–Kier alpha value is -3.58. The highest BCUT2D eigenvalue weighted by atomic mass is 16.5. The van der Waals surface area contributed by atoms with E-state index in [-0.39, 0.29) is 11.5 Å². The number of methoxy groups -OCH3 is 2. The molecule has 2 rings (SSSR count). The summed E-state index contributed by atoms with van der Waals surface area (Å²) in [5.74, 6) is 1.60. The van der Waals surface area contributed by atoms with Gasteiger partial charge in [-0.3, -0.25) is 0 Å². The summed E-state index contributed by atoms with van der Waals surface area (Å²) in [5.41, 5.74) is 8.02. The Morgan fingerprint density at radius 2 is 1.72 bits per heavy atom. The number of carbonyl (C=O) groups is 2. The standard InChI is InChI=1S/C28H30O4/c1-9-13-24-20(15-18(6)26(24)23(12-4)28(30)32-8)16-19-14-17(5)25(21(19)10-2)22(11-3)27(29)31-7/h3,10,12-16H,9H2,1-2,4-8H3/b19-16?,21-10-,23-12+,24-13-,25-22+. The SMILES string of the molecule is C#C/C(C(=O)OC)=C1/C(C)=CC(=CC2=CC(C)=C(/C(=C\C)C(=O)OC)/C2=C\CC)/C1=C/C. The highest BCUT2D eigenvalue weighted by Gasteiger charge is 2.28. The van der Waals surface area contributed by atoms with E-state index in [0.717, 1.165) is 45.4 Å². The fourth-order valence-corrected chi connectivity index (χ4v) is 4.12. The van der Waals surface area contributed by atoms with Crippen LogP contribution in [0.4, 0.5) is 0 Å². The van der Waals surface area contributed by atoms with Crippen molar-refractivity contribution in [2.24, 2.45) is 0 Å². The average molecular weight is 431 g/mol. The molecule has 0 saturated heterocycles. The van der Waals surface area contributed by atoms with E-state index in [0.29, 0.717) is 11.1 Å². The summed E-state index contributed by atoms with van der Waals surface area (Å²) >= 11 is 0. The summed E-state index contributed by atoms with van der Waals surface area (Å²) < 4.78 is 9.88. The van der Waals surface area contributed by atoms with Crippen LogP contribution in [0.1, 0.15) is 41.0 Å². The molecule has 4 heteroatoms. The van der Waals surface area contributed by atoms with Crippen LogP contribution in [0.25, 0.3) is 0 Å². The Balaban J connectivity index is 2.63. The second-order valence-corrected chi connectivity index (χ2v) is 7.39. The molecule has 0 unspecified atom stereocenters. The highest BCUT2D eigenvalue weighted by molar-refractivity contribution is 5.98. The molecule has 0 aromatic heterocycles. The third-order valence-electron chi connectivity index (χ3n) is 5.45. The van der Waals surface area contributed by atoms with Crippen molar-refractivity contribution < 1.29 is 19.1 Å². The number of hydrogen-bond donors (Lipinski definition) is 0. The Morgan fingerprint density at radius 3 is 2.22 bits per heavy atom. The van der Waals surface area contributed by atoms with E-state index in [2.05, 4.69) is 31.1 Å². The fourth-order valence-electron chi connectivity index (χ4n) is 4.12. The Bertz CT molecular complexity index is 1130. The zero-order valence-electron chi connectivity index (χ0n) is 19.9. The van der Waals surface area contributed by atoms with Crippen LogP contribution >= 0.6 is 0 Å². The molecule has 2 aliphatic carbocycles. The minimum absolute atomic E-state index is 0.208. The molecule has 0 aliphatic heterocycles. The molecule has 32 heavy (non-hydrogen) atoms. The normalized spacial score (nSPS) is 21.7. The summed E-state index contributed by atoms with van der Waals surface area (Å²) in [6, 6.07) is 0. The van der Waals surface area contributed by atoms with Gasteiger partial charge in [0.1, 0.15) is 5.57 Å². The van der Waals surface area contributed by atoms with Crippen molar-refractivity contribution in [2.75, 3.05) is 14.2 Å². The van der Waals surface area contributed by atoms with Gasteiger partial charge in [-0.1, -0.05) is 43.2 Å².